The molecule has 0 heterocycles. The van der Waals surface area contributed by atoms with Gasteiger partial charge in [-0.05, 0) is 25.3 Å². The Morgan fingerprint density at radius 2 is 2.33 bits per heavy atom. The molecule has 0 aromatic heterocycles. The van der Waals surface area contributed by atoms with Crippen LogP contribution in [-0.2, 0) is 4.74 Å². The minimum absolute atomic E-state index is 0.228. The van der Waals surface area contributed by atoms with E-state index in [2.05, 4.69) is 12.2 Å². The molecule has 3 nitrogen and oxygen atoms in total. The van der Waals surface area contributed by atoms with Crippen molar-refractivity contribution in [1.82, 2.24) is 5.32 Å². The molecule has 3 N–H and O–H groups in total. The lowest BCUT2D eigenvalue weighted by molar-refractivity contribution is 0.102. The van der Waals surface area contributed by atoms with Crippen LogP contribution in [0.15, 0.2) is 0 Å². The van der Waals surface area contributed by atoms with Gasteiger partial charge in [-0.25, -0.2) is 0 Å². The van der Waals surface area contributed by atoms with Crippen LogP contribution in [0.5, 0.6) is 0 Å². The van der Waals surface area contributed by atoms with E-state index in [4.69, 9.17) is 10.5 Å². The lowest BCUT2D eigenvalue weighted by Crippen LogP contribution is -2.28. The van der Waals surface area contributed by atoms with Gasteiger partial charge in [-0.15, -0.1) is 0 Å². The van der Waals surface area contributed by atoms with Crippen molar-refractivity contribution in [2.45, 2.75) is 31.9 Å². The average molecular weight is 172 g/mol. The molecule has 3 heteroatoms. The third kappa shape index (κ3) is 3.09. The molecule has 1 aliphatic carbocycles. The Balaban J connectivity index is 1.93. The van der Waals surface area contributed by atoms with Crippen LogP contribution in [-0.4, -0.2) is 32.3 Å². The second-order valence-corrected chi connectivity index (χ2v) is 3.66. The fraction of sp³-hybridized carbons (Fsp3) is 1.00. The van der Waals surface area contributed by atoms with Crippen molar-refractivity contribution in [3.63, 3.8) is 0 Å². The summed E-state index contributed by atoms with van der Waals surface area (Å²) in [6, 6.07) is 0.764. The molecule has 0 bridgehead atoms. The first kappa shape index (κ1) is 9.96. The second kappa shape index (κ2) is 4.80. The molecule has 0 radical (unpaired) electrons. The van der Waals surface area contributed by atoms with Gasteiger partial charge in [0, 0.05) is 19.7 Å². The Morgan fingerprint density at radius 1 is 1.67 bits per heavy atom. The number of nitrogens with one attached hydrogen (secondary N) is 1. The van der Waals surface area contributed by atoms with Crippen molar-refractivity contribution >= 4 is 0 Å². The molecule has 72 valence electrons. The fourth-order valence-electron chi connectivity index (χ4n) is 1.37. The van der Waals surface area contributed by atoms with Crippen LogP contribution in [0.1, 0.15) is 19.8 Å². The SMILES string of the molecule is COC(CN)CCNC1CC1C. The zero-order chi connectivity index (χ0) is 8.97. The molecular formula is C9H20N2O. The molecule has 1 rings (SSSR count). The summed E-state index contributed by atoms with van der Waals surface area (Å²) in [4.78, 5) is 0. The molecule has 0 aliphatic heterocycles. The van der Waals surface area contributed by atoms with Gasteiger partial charge < -0.3 is 15.8 Å². The monoisotopic (exact) mass is 172 g/mol. The van der Waals surface area contributed by atoms with E-state index >= 15 is 0 Å². The van der Waals surface area contributed by atoms with Gasteiger partial charge in [-0.2, -0.15) is 0 Å². The Hall–Kier alpha value is -0.120. The van der Waals surface area contributed by atoms with E-state index in [0.29, 0.717) is 6.54 Å². The van der Waals surface area contributed by atoms with Crippen LogP contribution in [0.2, 0.25) is 0 Å². The smallest absolute Gasteiger partial charge is 0.0705 e. The number of hydrogen-bond donors (Lipinski definition) is 2. The summed E-state index contributed by atoms with van der Waals surface area (Å²) in [7, 11) is 1.72. The van der Waals surface area contributed by atoms with Crippen molar-refractivity contribution in [3.05, 3.63) is 0 Å². The Labute approximate surface area is 74.7 Å². The Bertz CT molecular complexity index is 126. The first-order chi connectivity index (χ1) is 5.77. The molecule has 1 aliphatic rings. The van der Waals surface area contributed by atoms with Crippen molar-refractivity contribution in [3.8, 4) is 0 Å². The topological polar surface area (TPSA) is 47.3 Å². The zero-order valence-corrected chi connectivity index (χ0v) is 8.05. The maximum Gasteiger partial charge on any atom is 0.0705 e. The van der Waals surface area contributed by atoms with E-state index < -0.39 is 0 Å². The normalized spacial score (nSPS) is 30.2. The Morgan fingerprint density at radius 3 is 2.75 bits per heavy atom. The van der Waals surface area contributed by atoms with E-state index in [-0.39, 0.29) is 6.10 Å². The standard InChI is InChI=1S/C9H20N2O/c1-7-5-9(7)11-4-3-8(6-10)12-2/h7-9,11H,3-6,10H2,1-2H3. The minimum atomic E-state index is 0.228. The molecule has 0 spiro atoms. The van der Waals surface area contributed by atoms with Gasteiger partial charge in [0.15, 0.2) is 0 Å². The van der Waals surface area contributed by atoms with Gasteiger partial charge in [-0.3, -0.25) is 0 Å². The number of rotatable bonds is 6. The summed E-state index contributed by atoms with van der Waals surface area (Å²) >= 11 is 0. The lowest BCUT2D eigenvalue weighted by Gasteiger charge is -2.12. The van der Waals surface area contributed by atoms with Gasteiger partial charge in [0.1, 0.15) is 0 Å². The molecule has 1 saturated carbocycles. The maximum atomic E-state index is 5.49. The Kier molecular flexibility index (Phi) is 3.98. The van der Waals surface area contributed by atoms with Crippen LogP contribution < -0.4 is 11.1 Å². The lowest BCUT2D eigenvalue weighted by atomic mass is 10.2. The van der Waals surface area contributed by atoms with Gasteiger partial charge in [0.2, 0.25) is 0 Å². The van der Waals surface area contributed by atoms with Gasteiger partial charge in [0.25, 0.3) is 0 Å². The number of ether oxygens (including phenoxy) is 1. The van der Waals surface area contributed by atoms with Crippen molar-refractivity contribution in [1.29, 1.82) is 0 Å². The fourth-order valence-corrected chi connectivity index (χ4v) is 1.37. The molecule has 1 fully saturated rings. The molecule has 0 aromatic carbocycles. The van der Waals surface area contributed by atoms with Gasteiger partial charge >= 0.3 is 0 Å². The summed E-state index contributed by atoms with van der Waals surface area (Å²) in [5.74, 6) is 0.879. The van der Waals surface area contributed by atoms with E-state index in [1.807, 2.05) is 0 Å². The zero-order valence-electron chi connectivity index (χ0n) is 8.05. The molecular weight excluding hydrogens is 152 g/mol. The minimum Gasteiger partial charge on any atom is -0.380 e. The molecule has 3 unspecified atom stereocenters. The quantitative estimate of drug-likeness (QED) is 0.607. The van der Waals surface area contributed by atoms with Crippen molar-refractivity contribution in [2.75, 3.05) is 20.2 Å². The third-order valence-electron chi connectivity index (χ3n) is 2.58. The largest absolute Gasteiger partial charge is 0.380 e. The second-order valence-electron chi connectivity index (χ2n) is 3.66. The predicted molar refractivity (Wildman–Crippen MR) is 50.0 cm³/mol. The number of methoxy groups -OCH3 is 1. The summed E-state index contributed by atoms with van der Waals surface area (Å²) in [6.07, 6.45) is 2.59. The van der Waals surface area contributed by atoms with E-state index in [1.165, 1.54) is 6.42 Å². The first-order valence-corrected chi connectivity index (χ1v) is 4.74. The highest BCUT2D eigenvalue weighted by Gasteiger charge is 2.31. The maximum absolute atomic E-state index is 5.49. The molecule has 0 aromatic rings. The van der Waals surface area contributed by atoms with Gasteiger partial charge in [0.05, 0.1) is 6.10 Å². The van der Waals surface area contributed by atoms with Crippen LogP contribution in [0.3, 0.4) is 0 Å². The van der Waals surface area contributed by atoms with E-state index in [9.17, 15) is 0 Å². The van der Waals surface area contributed by atoms with E-state index in [1.54, 1.807) is 7.11 Å². The van der Waals surface area contributed by atoms with E-state index in [0.717, 1.165) is 24.9 Å². The summed E-state index contributed by atoms with van der Waals surface area (Å²) in [5, 5.41) is 3.47. The first-order valence-electron chi connectivity index (χ1n) is 4.74. The van der Waals surface area contributed by atoms with Crippen molar-refractivity contribution in [2.24, 2.45) is 11.7 Å². The van der Waals surface area contributed by atoms with Crippen LogP contribution >= 0.6 is 0 Å². The molecule has 0 amide bonds. The highest BCUT2D eigenvalue weighted by Crippen LogP contribution is 2.28. The number of nitrogens with two attached hydrogens (primary N) is 1. The van der Waals surface area contributed by atoms with Gasteiger partial charge in [-0.1, -0.05) is 6.92 Å². The highest BCUT2D eigenvalue weighted by atomic mass is 16.5. The van der Waals surface area contributed by atoms with Crippen LogP contribution in [0.4, 0.5) is 0 Å². The summed E-state index contributed by atoms with van der Waals surface area (Å²) < 4.78 is 5.16. The summed E-state index contributed by atoms with van der Waals surface area (Å²) in [6.45, 7) is 3.93. The molecule has 0 saturated heterocycles. The van der Waals surface area contributed by atoms with Crippen LogP contribution in [0, 0.1) is 5.92 Å². The molecule has 3 atom stereocenters. The highest BCUT2D eigenvalue weighted by molar-refractivity contribution is 4.89. The van der Waals surface area contributed by atoms with Crippen molar-refractivity contribution < 1.29 is 4.74 Å². The predicted octanol–water partition coefficient (Wildman–Crippen LogP) is 0.348. The summed E-state index contributed by atoms with van der Waals surface area (Å²) in [5.41, 5.74) is 5.49. The molecule has 12 heavy (non-hydrogen) atoms. The number of hydrogen-bond acceptors (Lipinski definition) is 3. The third-order valence-corrected chi connectivity index (χ3v) is 2.58. The van der Waals surface area contributed by atoms with Crippen LogP contribution in [0.25, 0.3) is 0 Å². The average Bonchev–Trinajstić information content (AvgIpc) is 2.76.